The van der Waals surface area contributed by atoms with Crippen molar-refractivity contribution in [3.8, 4) is 0 Å². The summed E-state index contributed by atoms with van der Waals surface area (Å²) >= 11 is 1.43. The lowest BCUT2D eigenvalue weighted by Gasteiger charge is -1.99. The Morgan fingerprint density at radius 1 is 1.79 bits per heavy atom. The molecule has 14 heavy (non-hydrogen) atoms. The van der Waals surface area contributed by atoms with Crippen LogP contribution < -0.4 is 11.1 Å². The van der Waals surface area contributed by atoms with Crippen LogP contribution in [0.1, 0.15) is 4.88 Å². The van der Waals surface area contributed by atoms with Gasteiger partial charge in [-0.15, -0.1) is 23.7 Å². The molecule has 1 aromatic heterocycles. The van der Waals surface area contributed by atoms with Crippen LogP contribution in [0.2, 0.25) is 0 Å². The zero-order valence-electron chi connectivity index (χ0n) is 7.65. The number of esters is 1. The van der Waals surface area contributed by atoms with Crippen LogP contribution in [0, 0.1) is 0 Å². The molecule has 0 saturated heterocycles. The minimum absolute atomic E-state index is 0. The first-order valence-electron chi connectivity index (χ1n) is 3.71. The summed E-state index contributed by atoms with van der Waals surface area (Å²) < 4.78 is 4.46. The van der Waals surface area contributed by atoms with Crippen LogP contribution in [0.5, 0.6) is 0 Å². The van der Waals surface area contributed by atoms with Crippen LogP contribution >= 0.6 is 23.7 Å². The Kier molecular flexibility index (Phi) is 6.18. The van der Waals surface area contributed by atoms with E-state index in [1.165, 1.54) is 18.4 Å². The van der Waals surface area contributed by atoms with E-state index < -0.39 is 0 Å². The van der Waals surface area contributed by atoms with E-state index in [1.54, 1.807) is 6.20 Å². The minimum Gasteiger partial charge on any atom is -0.468 e. The second-order valence-electron chi connectivity index (χ2n) is 2.27. The molecule has 0 aromatic carbocycles. The molecule has 7 heteroatoms. The third-order valence-corrected chi connectivity index (χ3v) is 2.34. The highest BCUT2D eigenvalue weighted by Crippen LogP contribution is 2.16. The van der Waals surface area contributed by atoms with Gasteiger partial charge in [-0.2, -0.15) is 0 Å². The predicted molar refractivity (Wildman–Crippen MR) is 57.8 cm³/mol. The van der Waals surface area contributed by atoms with Gasteiger partial charge >= 0.3 is 5.97 Å². The Morgan fingerprint density at radius 3 is 3.00 bits per heavy atom. The lowest BCUT2D eigenvalue weighted by atomic mass is 10.6. The van der Waals surface area contributed by atoms with E-state index in [4.69, 9.17) is 5.73 Å². The summed E-state index contributed by atoms with van der Waals surface area (Å²) in [6.07, 6.45) is 1.68. The molecule has 0 aliphatic carbocycles. The maximum atomic E-state index is 10.7. The molecule has 0 aliphatic rings. The maximum absolute atomic E-state index is 10.7. The summed E-state index contributed by atoms with van der Waals surface area (Å²) in [5.74, 6) is -0.315. The molecule has 0 amide bonds. The fourth-order valence-electron chi connectivity index (χ4n) is 0.704. The number of thiazole rings is 1. The largest absolute Gasteiger partial charge is 0.468 e. The van der Waals surface area contributed by atoms with E-state index in [9.17, 15) is 4.79 Å². The fourth-order valence-corrected chi connectivity index (χ4v) is 1.39. The van der Waals surface area contributed by atoms with Gasteiger partial charge in [0, 0.05) is 17.6 Å². The first-order valence-corrected chi connectivity index (χ1v) is 4.53. The number of anilines is 1. The minimum atomic E-state index is -0.315. The summed E-state index contributed by atoms with van der Waals surface area (Å²) in [7, 11) is 1.34. The number of halogens is 1. The number of carbonyl (C=O) groups is 1. The lowest BCUT2D eigenvalue weighted by Crippen LogP contribution is -2.14. The smallest absolute Gasteiger partial charge is 0.325 e. The number of nitrogens with one attached hydrogen (secondary N) is 1. The van der Waals surface area contributed by atoms with Crippen molar-refractivity contribution in [3.63, 3.8) is 0 Å². The van der Waals surface area contributed by atoms with Crippen molar-refractivity contribution in [1.82, 2.24) is 4.98 Å². The first kappa shape index (κ1) is 13.2. The number of nitrogens with two attached hydrogens (primary N) is 1. The number of rotatable bonds is 4. The van der Waals surface area contributed by atoms with Gasteiger partial charge in [0.2, 0.25) is 0 Å². The molecule has 1 rings (SSSR count). The topological polar surface area (TPSA) is 77.2 Å². The highest BCUT2D eigenvalue weighted by Gasteiger charge is 2.02. The third kappa shape index (κ3) is 3.91. The van der Waals surface area contributed by atoms with Gasteiger partial charge in [-0.25, -0.2) is 4.98 Å². The zero-order chi connectivity index (χ0) is 9.68. The number of methoxy groups -OCH3 is 1. The molecule has 0 spiro atoms. The third-order valence-electron chi connectivity index (χ3n) is 1.37. The molecule has 0 bridgehead atoms. The summed E-state index contributed by atoms with van der Waals surface area (Å²) in [5, 5.41) is 3.51. The highest BCUT2D eigenvalue weighted by atomic mass is 35.5. The van der Waals surface area contributed by atoms with Crippen LogP contribution in [0.15, 0.2) is 6.20 Å². The van der Waals surface area contributed by atoms with Gasteiger partial charge in [0.05, 0.1) is 7.11 Å². The quantitative estimate of drug-likeness (QED) is 0.751. The Labute approximate surface area is 92.1 Å². The average Bonchev–Trinajstić information content (AvgIpc) is 2.61. The van der Waals surface area contributed by atoms with Gasteiger partial charge in [0.15, 0.2) is 5.13 Å². The molecule has 80 valence electrons. The highest BCUT2D eigenvalue weighted by molar-refractivity contribution is 7.15. The van der Waals surface area contributed by atoms with Gasteiger partial charge < -0.3 is 15.8 Å². The van der Waals surface area contributed by atoms with E-state index in [0.717, 1.165) is 4.88 Å². The van der Waals surface area contributed by atoms with Gasteiger partial charge in [0.1, 0.15) is 6.54 Å². The Morgan fingerprint density at radius 2 is 2.50 bits per heavy atom. The van der Waals surface area contributed by atoms with Crippen molar-refractivity contribution in [2.75, 3.05) is 19.0 Å². The molecule has 0 radical (unpaired) electrons. The molecule has 0 aliphatic heterocycles. The van der Waals surface area contributed by atoms with Gasteiger partial charge in [-0.05, 0) is 0 Å². The molecule has 0 unspecified atom stereocenters. The summed E-state index contributed by atoms with van der Waals surface area (Å²) in [6, 6.07) is 0. The van der Waals surface area contributed by atoms with Crippen molar-refractivity contribution >= 4 is 34.8 Å². The number of aromatic nitrogens is 1. The molecule has 0 fully saturated rings. The monoisotopic (exact) mass is 237 g/mol. The number of nitrogens with zero attached hydrogens (tertiary/aromatic N) is 1. The van der Waals surface area contributed by atoms with Gasteiger partial charge in [0.25, 0.3) is 0 Å². The van der Waals surface area contributed by atoms with E-state index >= 15 is 0 Å². The summed E-state index contributed by atoms with van der Waals surface area (Å²) in [5.41, 5.74) is 5.40. The van der Waals surface area contributed by atoms with E-state index in [-0.39, 0.29) is 24.9 Å². The van der Waals surface area contributed by atoms with Crippen molar-refractivity contribution in [2.45, 2.75) is 6.54 Å². The Balaban J connectivity index is 0.00000169. The van der Waals surface area contributed by atoms with E-state index in [2.05, 4.69) is 15.0 Å². The maximum Gasteiger partial charge on any atom is 0.325 e. The Hall–Kier alpha value is -0.850. The van der Waals surface area contributed by atoms with Crippen LogP contribution in [-0.4, -0.2) is 24.6 Å². The van der Waals surface area contributed by atoms with Crippen molar-refractivity contribution in [3.05, 3.63) is 11.1 Å². The van der Waals surface area contributed by atoms with Crippen LogP contribution in [0.3, 0.4) is 0 Å². The SMILES string of the molecule is COC(=O)CNc1ncc(CN)s1.Cl. The van der Waals surface area contributed by atoms with Crippen LogP contribution in [0.25, 0.3) is 0 Å². The van der Waals surface area contributed by atoms with Crippen LogP contribution in [-0.2, 0) is 16.1 Å². The molecule has 0 atom stereocenters. The number of ether oxygens (including phenoxy) is 1. The molecule has 5 nitrogen and oxygen atoms in total. The van der Waals surface area contributed by atoms with E-state index in [0.29, 0.717) is 11.7 Å². The summed E-state index contributed by atoms with van der Waals surface area (Å²) in [4.78, 5) is 15.7. The molecule has 3 N–H and O–H groups in total. The molecular formula is C7H12ClN3O2S. The van der Waals surface area contributed by atoms with Crippen molar-refractivity contribution in [1.29, 1.82) is 0 Å². The Bertz CT molecular complexity index is 292. The normalized spacial score (nSPS) is 9.00. The number of hydrogen-bond donors (Lipinski definition) is 2. The number of hydrogen-bond acceptors (Lipinski definition) is 6. The van der Waals surface area contributed by atoms with Crippen LogP contribution in [0.4, 0.5) is 5.13 Å². The van der Waals surface area contributed by atoms with Crippen molar-refractivity contribution < 1.29 is 9.53 Å². The molecule has 1 heterocycles. The van der Waals surface area contributed by atoms with Crippen molar-refractivity contribution in [2.24, 2.45) is 5.73 Å². The zero-order valence-corrected chi connectivity index (χ0v) is 9.28. The van der Waals surface area contributed by atoms with Gasteiger partial charge in [-0.1, -0.05) is 0 Å². The second-order valence-corrected chi connectivity index (χ2v) is 3.38. The molecule has 0 saturated carbocycles. The van der Waals surface area contributed by atoms with E-state index in [1.807, 2.05) is 0 Å². The average molecular weight is 238 g/mol. The fraction of sp³-hybridized carbons (Fsp3) is 0.429. The standard InChI is InChI=1S/C7H11N3O2S.ClH/c1-12-6(11)4-10-7-9-3-5(2-8)13-7;/h3H,2,4,8H2,1H3,(H,9,10);1H. The second kappa shape index (κ2) is 6.58. The molecule has 1 aromatic rings. The first-order chi connectivity index (χ1) is 6.26. The molecular weight excluding hydrogens is 226 g/mol. The summed E-state index contributed by atoms with van der Waals surface area (Å²) in [6.45, 7) is 0.603. The predicted octanol–water partition coefficient (Wildman–Crippen LogP) is 0.608. The number of carbonyl (C=O) groups excluding carboxylic acids is 1. The van der Waals surface area contributed by atoms with Gasteiger partial charge in [-0.3, -0.25) is 4.79 Å². The lowest BCUT2D eigenvalue weighted by molar-refractivity contribution is -0.138.